The van der Waals surface area contributed by atoms with Gasteiger partial charge in [-0.25, -0.2) is 13.4 Å². The van der Waals surface area contributed by atoms with E-state index in [2.05, 4.69) is 15.0 Å². The molecule has 0 spiro atoms. The molecule has 0 aliphatic rings. The van der Waals surface area contributed by atoms with Gasteiger partial charge in [-0.2, -0.15) is 0 Å². The Bertz CT molecular complexity index is 765. The van der Waals surface area contributed by atoms with E-state index in [1.165, 1.54) is 0 Å². The van der Waals surface area contributed by atoms with Crippen LogP contribution in [0.3, 0.4) is 0 Å². The van der Waals surface area contributed by atoms with Crippen molar-refractivity contribution < 1.29 is 8.42 Å². The highest BCUT2D eigenvalue weighted by Crippen LogP contribution is 2.27. The molecule has 1 aromatic heterocycles. The fourth-order valence-electron chi connectivity index (χ4n) is 1.81. The summed E-state index contributed by atoms with van der Waals surface area (Å²) in [4.78, 5) is 4.10. The Labute approximate surface area is 146 Å². The largest absolute Gasteiger partial charge is 0.354 e. The summed E-state index contributed by atoms with van der Waals surface area (Å²) in [5.41, 5.74) is 1.47. The molecule has 8 heteroatoms. The number of rotatable bonds is 7. The topological polar surface area (TPSA) is 71.1 Å². The summed E-state index contributed by atoms with van der Waals surface area (Å²) in [6, 6.07) is 8.51. The van der Waals surface area contributed by atoms with Crippen LogP contribution in [0.4, 0.5) is 17.2 Å². The lowest BCUT2D eigenvalue weighted by molar-refractivity contribution is 0.597. The van der Waals surface area contributed by atoms with Crippen LogP contribution in [0.2, 0.25) is 10.0 Å². The number of unbranched alkanes of at least 4 members (excludes halogenated alkanes) is 1. The molecule has 0 unspecified atom stereocenters. The lowest BCUT2D eigenvalue weighted by atomic mass is 10.3. The third-order valence-corrected chi connectivity index (χ3v) is 5.08. The van der Waals surface area contributed by atoms with Gasteiger partial charge in [0.1, 0.15) is 5.82 Å². The van der Waals surface area contributed by atoms with Crippen molar-refractivity contribution in [2.45, 2.75) is 19.8 Å². The number of anilines is 3. The number of benzene rings is 1. The summed E-state index contributed by atoms with van der Waals surface area (Å²) in [5, 5.41) is 4.04. The van der Waals surface area contributed by atoms with Gasteiger partial charge in [-0.15, -0.1) is 0 Å². The van der Waals surface area contributed by atoms with Crippen molar-refractivity contribution in [1.82, 2.24) is 4.98 Å². The van der Waals surface area contributed by atoms with Gasteiger partial charge < -0.3 is 5.32 Å². The first-order chi connectivity index (χ1) is 10.9. The summed E-state index contributed by atoms with van der Waals surface area (Å²) in [7, 11) is -3.34. The van der Waals surface area contributed by atoms with Crippen LogP contribution >= 0.6 is 23.2 Å². The predicted octanol–water partition coefficient (Wildman–Crippen LogP) is 4.67. The van der Waals surface area contributed by atoms with Crippen molar-refractivity contribution >= 4 is 50.4 Å². The molecule has 0 saturated heterocycles. The monoisotopic (exact) mass is 373 g/mol. The minimum absolute atomic E-state index is 0.0917. The number of halogens is 2. The number of nitrogens with zero attached hydrogens (tertiary/aromatic N) is 1. The van der Waals surface area contributed by atoms with Crippen LogP contribution in [0, 0.1) is 0 Å². The molecule has 124 valence electrons. The molecule has 1 aromatic carbocycles. The normalized spacial score (nSPS) is 11.3. The summed E-state index contributed by atoms with van der Waals surface area (Å²) in [5.74, 6) is 0.384. The summed E-state index contributed by atoms with van der Waals surface area (Å²) in [6.07, 6.45) is 2.98. The Hall–Kier alpha value is -1.50. The maximum atomic E-state index is 11.8. The first kappa shape index (κ1) is 17.8. The second-order valence-corrected chi connectivity index (χ2v) is 7.62. The average molecular weight is 374 g/mol. The third kappa shape index (κ3) is 5.57. The highest BCUT2D eigenvalue weighted by molar-refractivity contribution is 7.92. The molecular formula is C15H17Cl2N3O2S. The Balaban J connectivity index is 2.03. The molecule has 0 amide bonds. The van der Waals surface area contributed by atoms with Gasteiger partial charge >= 0.3 is 0 Å². The lowest BCUT2D eigenvalue weighted by Crippen LogP contribution is -2.17. The molecule has 0 atom stereocenters. The first-order valence-corrected chi connectivity index (χ1v) is 9.49. The van der Waals surface area contributed by atoms with Gasteiger partial charge in [0, 0.05) is 5.69 Å². The zero-order chi connectivity index (χ0) is 16.9. The zero-order valence-corrected chi connectivity index (χ0v) is 14.8. The molecule has 2 rings (SSSR count). The minimum Gasteiger partial charge on any atom is -0.354 e. The van der Waals surface area contributed by atoms with Crippen molar-refractivity contribution in [3.63, 3.8) is 0 Å². The van der Waals surface area contributed by atoms with E-state index in [1.807, 2.05) is 6.92 Å². The molecule has 0 bridgehead atoms. The first-order valence-electron chi connectivity index (χ1n) is 7.08. The molecule has 2 N–H and O–H groups in total. The molecule has 0 saturated carbocycles. The van der Waals surface area contributed by atoms with Crippen LogP contribution in [0.25, 0.3) is 0 Å². The molecule has 0 aliphatic heterocycles. The van der Waals surface area contributed by atoms with Crippen LogP contribution in [0.5, 0.6) is 0 Å². The van der Waals surface area contributed by atoms with E-state index in [0.717, 1.165) is 12.1 Å². The summed E-state index contributed by atoms with van der Waals surface area (Å²) in [6.45, 7) is 1.94. The second kappa shape index (κ2) is 7.86. The fourth-order valence-corrected chi connectivity index (χ4v) is 3.32. The maximum absolute atomic E-state index is 11.8. The van der Waals surface area contributed by atoms with Crippen LogP contribution in [-0.4, -0.2) is 19.2 Å². The highest BCUT2D eigenvalue weighted by Gasteiger charge is 2.10. The second-order valence-electron chi connectivity index (χ2n) is 4.96. The van der Waals surface area contributed by atoms with E-state index < -0.39 is 10.0 Å². The van der Waals surface area contributed by atoms with E-state index in [-0.39, 0.29) is 5.75 Å². The van der Waals surface area contributed by atoms with Crippen LogP contribution in [-0.2, 0) is 10.0 Å². The Morgan fingerprint density at radius 2 is 1.83 bits per heavy atom. The summed E-state index contributed by atoms with van der Waals surface area (Å²) < 4.78 is 26.1. The number of nitrogens with one attached hydrogen (secondary N) is 2. The van der Waals surface area contributed by atoms with Crippen LogP contribution in [0.15, 0.2) is 36.5 Å². The number of pyridine rings is 1. The smallest absolute Gasteiger partial charge is 0.233 e. The molecule has 0 aliphatic carbocycles. The molecule has 23 heavy (non-hydrogen) atoms. The molecule has 1 heterocycles. The van der Waals surface area contributed by atoms with Crippen LogP contribution in [0.1, 0.15) is 19.8 Å². The summed E-state index contributed by atoms with van der Waals surface area (Å²) >= 11 is 11.8. The lowest BCUT2D eigenvalue weighted by Gasteiger charge is -2.09. The van der Waals surface area contributed by atoms with Gasteiger partial charge in [0.25, 0.3) is 0 Å². The Morgan fingerprint density at radius 1 is 1.09 bits per heavy atom. The molecule has 0 fully saturated rings. The van der Waals surface area contributed by atoms with Gasteiger partial charge in [0.05, 0.1) is 27.7 Å². The number of sulfonamides is 1. The SMILES string of the molecule is CCCCS(=O)(=O)Nc1ccc(Nc2ccc(Cl)c(Cl)c2)cn1. The minimum atomic E-state index is -3.34. The van der Waals surface area contributed by atoms with Gasteiger partial charge in [-0.1, -0.05) is 36.5 Å². The quantitative estimate of drug-likeness (QED) is 0.739. The molecule has 0 radical (unpaired) electrons. The van der Waals surface area contributed by atoms with Crippen molar-refractivity contribution in [3.05, 3.63) is 46.6 Å². The van der Waals surface area contributed by atoms with Gasteiger partial charge in [0.2, 0.25) is 10.0 Å². The zero-order valence-electron chi connectivity index (χ0n) is 12.5. The molecule has 5 nitrogen and oxygen atoms in total. The van der Waals surface area contributed by atoms with E-state index in [1.54, 1.807) is 36.5 Å². The maximum Gasteiger partial charge on any atom is 0.233 e. The number of hydrogen-bond donors (Lipinski definition) is 2. The Morgan fingerprint density at radius 3 is 2.43 bits per heavy atom. The van der Waals surface area contributed by atoms with Crippen molar-refractivity contribution in [2.75, 3.05) is 15.8 Å². The fraction of sp³-hybridized carbons (Fsp3) is 0.267. The molecule has 2 aromatic rings. The van der Waals surface area contributed by atoms with E-state index in [0.29, 0.717) is 28.0 Å². The Kier molecular flexibility index (Phi) is 6.10. The average Bonchev–Trinajstić information content (AvgIpc) is 2.51. The van der Waals surface area contributed by atoms with Crippen molar-refractivity contribution in [2.24, 2.45) is 0 Å². The van der Waals surface area contributed by atoms with Gasteiger partial charge in [-0.3, -0.25) is 4.72 Å². The molecular weight excluding hydrogens is 357 g/mol. The van der Waals surface area contributed by atoms with Gasteiger partial charge in [0.15, 0.2) is 0 Å². The highest BCUT2D eigenvalue weighted by atomic mass is 35.5. The third-order valence-electron chi connectivity index (χ3n) is 3.00. The van der Waals surface area contributed by atoms with E-state index >= 15 is 0 Å². The number of aromatic nitrogens is 1. The number of hydrogen-bond acceptors (Lipinski definition) is 4. The van der Waals surface area contributed by atoms with E-state index in [9.17, 15) is 8.42 Å². The van der Waals surface area contributed by atoms with Crippen LogP contribution < -0.4 is 10.0 Å². The van der Waals surface area contributed by atoms with Gasteiger partial charge in [-0.05, 0) is 36.8 Å². The standard InChI is InChI=1S/C15H17Cl2N3O2S/c1-2-3-8-23(21,22)20-15-7-5-12(10-18-15)19-11-4-6-13(16)14(17)9-11/h4-7,9-10,19H,2-3,8H2,1H3,(H,18,20). The van der Waals surface area contributed by atoms with Crippen molar-refractivity contribution in [3.8, 4) is 0 Å². The van der Waals surface area contributed by atoms with E-state index in [4.69, 9.17) is 23.2 Å². The van der Waals surface area contributed by atoms with Crippen molar-refractivity contribution in [1.29, 1.82) is 0 Å². The predicted molar refractivity (Wildman–Crippen MR) is 96.3 cm³/mol.